The van der Waals surface area contributed by atoms with Crippen LogP contribution in [-0.4, -0.2) is 16.8 Å². The molecule has 8 heteroatoms. The van der Waals surface area contributed by atoms with Crippen molar-refractivity contribution in [1.29, 1.82) is 0 Å². The topological polar surface area (TPSA) is 68.3 Å². The van der Waals surface area contributed by atoms with Gasteiger partial charge in [0.15, 0.2) is 0 Å². The molecular weight excluding hydrogens is 367 g/mol. The van der Waals surface area contributed by atoms with Crippen LogP contribution in [0.15, 0.2) is 28.0 Å². The van der Waals surface area contributed by atoms with Gasteiger partial charge in [-0.1, -0.05) is 45.1 Å². The van der Waals surface area contributed by atoms with E-state index in [1.807, 2.05) is 0 Å². The monoisotopic (exact) mass is 386 g/mol. The van der Waals surface area contributed by atoms with Crippen molar-refractivity contribution in [2.24, 2.45) is 0 Å². The molecule has 0 fully saturated rings. The van der Waals surface area contributed by atoms with E-state index in [0.717, 1.165) is 25.3 Å². The van der Waals surface area contributed by atoms with Gasteiger partial charge in [-0.25, -0.2) is 16.8 Å². The molecule has 0 unspecified atom stereocenters. The minimum absolute atomic E-state index is 0.176. The second-order valence-corrected chi connectivity index (χ2v) is 10.3. The summed E-state index contributed by atoms with van der Waals surface area (Å²) >= 11 is 0. The smallest absolute Gasteiger partial charge is 0.207 e. The Kier molecular flexibility index (Phi) is 7.65. The number of rotatable bonds is 9. The van der Waals surface area contributed by atoms with Gasteiger partial charge in [-0.05, 0) is 30.5 Å². The molecule has 0 saturated carbocycles. The Hall–Kier alpha value is -0.300. The highest BCUT2D eigenvalue weighted by atomic mass is 35.7. The van der Waals surface area contributed by atoms with Crippen LogP contribution in [-0.2, 0) is 24.5 Å². The molecule has 126 valence electrons. The average molecular weight is 387 g/mol. The molecule has 1 rings (SSSR count). The lowest BCUT2D eigenvalue weighted by atomic mass is 10.1. The molecule has 4 nitrogen and oxygen atoms in total. The van der Waals surface area contributed by atoms with Crippen molar-refractivity contribution < 1.29 is 16.8 Å². The second kappa shape index (κ2) is 8.52. The van der Waals surface area contributed by atoms with E-state index in [4.69, 9.17) is 21.4 Å². The summed E-state index contributed by atoms with van der Waals surface area (Å²) in [6, 6.07) is 3.80. The van der Waals surface area contributed by atoms with Gasteiger partial charge in [0, 0.05) is 21.4 Å². The summed E-state index contributed by atoms with van der Waals surface area (Å²) in [5.74, 6) is 0. The molecule has 0 spiro atoms. The highest BCUT2D eigenvalue weighted by molar-refractivity contribution is 8.14. The highest BCUT2D eigenvalue weighted by Crippen LogP contribution is 2.27. The van der Waals surface area contributed by atoms with Gasteiger partial charge in [-0.15, -0.1) is 0 Å². The maximum Gasteiger partial charge on any atom is 0.261 e. The number of benzene rings is 1. The molecule has 0 aliphatic rings. The molecule has 0 aromatic heterocycles. The van der Waals surface area contributed by atoms with Crippen molar-refractivity contribution in [2.45, 2.75) is 61.7 Å². The maximum absolute atomic E-state index is 11.6. The van der Waals surface area contributed by atoms with Gasteiger partial charge in [0.2, 0.25) is 0 Å². The summed E-state index contributed by atoms with van der Waals surface area (Å²) in [6.45, 7) is 2.14. The summed E-state index contributed by atoms with van der Waals surface area (Å²) in [6.07, 6.45) is 7.00. The first-order valence-electron chi connectivity index (χ1n) is 7.18. The fourth-order valence-corrected chi connectivity index (χ4v) is 4.25. The molecule has 1 aromatic rings. The van der Waals surface area contributed by atoms with Crippen LogP contribution in [0.4, 0.5) is 0 Å². The van der Waals surface area contributed by atoms with Crippen LogP contribution in [0.1, 0.15) is 51.0 Å². The second-order valence-electron chi connectivity index (χ2n) is 5.16. The van der Waals surface area contributed by atoms with Gasteiger partial charge >= 0.3 is 0 Å². The van der Waals surface area contributed by atoms with E-state index in [9.17, 15) is 16.8 Å². The first-order chi connectivity index (χ1) is 10.2. The van der Waals surface area contributed by atoms with E-state index < -0.39 is 18.1 Å². The first kappa shape index (κ1) is 19.7. The molecule has 0 N–H and O–H groups in total. The molecule has 1 aromatic carbocycles. The average Bonchev–Trinajstić information content (AvgIpc) is 2.40. The van der Waals surface area contributed by atoms with Crippen molar-refractivity contribution >= 4 is 39.5 Å². The summed E-state index contributed by atoms with van der Waals surface area (Å²) in [4.78, 5) is -0.440. The Bertz CT molecular complexity index is 698. The third-order valence-corrected chi connectivity index (χ3v) is 6.14. The fourth-order valence-electron chi connectivity index (χ4n) is 2.22. The van der Waals surface area contributed by atoms with Gasteiger partial charge in [0.05, 0.1) is 9.79 Å². The van der Waals surface area contributed by atoms with Gasteiger partial charge in [0.25, 0.3) is 18.1 Å². The summed E-state index contributed by atoms with van der Waals surface area (Å²) in [7, 11) is 2.64. The summed E-state index contributed by atoms with van der Waals surface area (Å²) in [5.41, 5.74) is 0.523. The molecule has 0 amide bonds. The molecule has 0 aliphatic carbocycles. The first-order valence-corrected chi connectivity index (χ1v) is 11.8. The van der Waals surface area contributed by atoms with E-state index in [1.54, 1.807) is 0 Å². The van der Waals surface area contributed by atoms with Crippen LogP contribution in [0, 0.1) is 0 Å². The molecule has 0 aliphatic heterocycles. The predicted molar refractivity (Wildman–Crippen MR) is 89.6 cm³/mol. The van der Waals surface area contributed by atoms with E-state index in [-0.39, 0.29) is 9.79 Å². The Morgan fingerprint density at radius 1 is 0.864 bits per heavy atom. The fraction of sp³-hybridized carbons (Fsp3) is 0.571. The van der Waals surface area contributed by atoms with Crippen molar-refractivity contribution in [2.75, 3.05) is 0 Å². The summed E-state index contributed by atoms with van der Waals surface area (Å²) in [5, 5.41) is 0. The third kappa shape index (κ3) is 6.44. The van der Waals surface area contributed by atoms with Crippen molar-refractivity contribution in [3.8, 4) is 0 Å². The number of aryl methyl sites for hydroxylation is 1. The molecule has 22 heavy (non-hydrogen) atoms. The van der Waals surface area contributed by atoms with Gasteiger partial charge < -0.3 is 0 Å². The molecule has 0 bridgehead atoms. The number of hydrogen-bond donors (Lipinski definition) is 0. The molecule has 0 radical (unpaired) electrons. The van der Waals surface area contributed by atoms with Crippen LogP contribution >= 0.6 is 21.4 Å². The number of unbranched alkanes of at least 4 members (excludes halogenated alkanes) is 5. The van der Waals surface area contributed by atoms with E-state index in [2.05, 4.69) is 6.92 Å². The summed E-state index contributed by atoms with van der Waals surface area (Å²) < 4.78 is 45.9. The van der Waals surface area contributed by atoms with Gasteiger partial charge in [0.1, 0.15) is 0 Å². The zero-order valence-corrected chi connectivity index (χ0v) is 15.5. The van der Waals surface area contributed by atoms with E-state index in [1.165, 1.54) is 31.4 Å². The lowest BCUT2D eigenvalue weighted by Gasteiger charge is -2.08. The maximum atomic E-state index is 11.6. The highest BCUT2D eigenvalue weighted by Gasteiger charge is 2.20. The van der Waals surface area contributed by atoms with Gasteiger partial charge in [-0.2, -0.15) is 0 Å². The zero-order valence-electron chi connectivity index (χ0n) is 12.4. The number of halogens is 2. The Morgan fingerprint density at radius 2 is 1.45 bits per heavy atom. The van der Waals surface area contributed by atoms with Crippen LogP contribution in [0.3, 0.4) is 0 Å². The van der Waals surface area contributed by atoms with E-state index in [0.29, 0.717) is 12.0 Å². The minimum Gasteiger partial charge on any atom is -0.207 e. The molecule has 0 heterocycles. The van der Waals surface area contributed by atoms with Crippen molar-refractivity contribution in [3.63, 3.8) is 0 Å². The van der Waals surface area contributed by atoms with Crippen LogP contribution in [0.5, 0.6) is 0 Å². The van der Waals surface area contributed by atoms with Gasteiger partial charge in [-0.3, -0.25) is 0 Å². The predicted octanol–water partition coefficient (Wildman–Crippen LogP) is 4.44. The molecule has 0 atom stereocenters. The zero-order chi connectivity index (χ0) is 16.8. The Morgan fingerprint density at radius 3 is 2.00 bits per heavy atom. The largest absolute Gasteiger partial charge is 0.261 e. The molecular formula is C14H20Cl2O4S2. The van der Waals surface area contributed by atoms with Crippen molar-refractivity contribution in [1.82, 2.24) is 0 Å². The SMILES string of the molecule is CCCCCCCCc1ccc(S(=O)(=O)Cl)cc1S(=O)(=O)Cl. The normalized spacial score (nSPS) is 12.5. The lowest BCUT2D eigenvalue weighted by molar-refractivity contribution is 0.598. The standard InChI is InChI=1S/C14H20Cl2O4S2/c1-2-3-4-5-6-7-8-12-9-10-13(21(15,17)18)11-14(12)22(16,19)20/h9-11H,2-8H2,1H3. The number of hydrogen-bond acceptors (Lipinski definition) is 4. The van der Waals surface area contributed by atoms with Crippen molar-refractivity contribution in [3.05, 3.63) is 23.8 Å². The van der Waals surface area contributed by atoms with Crippen LogP contribution in [0.2, 0.25) is 0 Å². The molecule has 0 saturated heterocycles. The lowest BCUT2D eigenvalue weighted by Crippen LogP contribution is -2.02. The van der Waals surface area contributed by atoms with Crippen LogP contribution < -0.4 is 0 Å². The quantitative estimate of drug-likeness (QED) is 0.464. The third-order valence-electron chi connectivity index (χ3n) is 3.38. The Labute approximate surface area is 141 Å². The minimum atomic E-state index is -4.02. The Balaban J connectivity index is 2.87. The van der Waals surface area contributed by atoms with E-state index >= 15 is 0 Å². The van der Waals surface area contributed by atoms with Crippen LogP contribution in [0.25, 0.3) is 0 Å².